The Bertz CT molecular complexity index is 1530. The van der Waals surface area contributed by atoms with Crippen molar-refractivity contribution in [3.63, 3.8) is 0 Å². The number of nitrogens with one attached hydrogen (secondary N) is 1. The second-order valence-corrected chi connectivity index (χ2v) is 19.8. The van der Waals surface area contributed by atoms with E-state index < -0.39 is 29.7 Å². The van der Waals surface area contributed by atoms with Crippen molar-refractivity contribution >= 4 is 35.6 Å². The summed E-state index contributed by atoms with van der Waals surface area (Å²) in [5.41, 5.74) is 2.67. The lowest BCUT2D eigenvalue weighted by Crippen LogP contribution is -2.33. The van der Waals surface area contributed by atoms with Gasteiger partial charge in [-0.05, 0) is 79.7 Å². The molecule has 3 N–H and O–H groups in total. The van der Waals surface area contributed by atoms with E-state index in [1.54, 1.807) is 6.92 Å². The third-order valence-electron chi connectivity index (χ3n) is 13.4. The number of unbranched alkanes of at least 4 members (excludes halogenated alkanes) is 9. The maximum Gasteiger partial charge on any atom is 0.309 e. The number of hydrogen-bond acceptors (Lipinski definition) is 8. The molecule has 2 rings (SSSR count). The first-order chi connectivity index (χ1) is 31.5. The molecule has 0 fully saturated rings. The Morgan fingerprint density at radius 2 is 1.25 bits per heavy atom. The number of carbonyl (C=O) groups is 4. The summed E-state index contributed by atoms with van der Waals surface area (Å²) in [4.78, 5) is 52.1. The maximum absolute atomic E-state index is 13.4. The van der Waals surface area contributed by atoms with Crippen LogP contribution in [0.5, 0.6) is 0 Å². The molecule has 0 saturated carbocycles. The van der Waals surface area contributed by atoms with Gasteiger partial charge >= 0.3 is 17.9 Å². The molecule has 7 atom stereocenters. The summed E-state index contributed by atoms with van der Waals surface area (Å²) < 4.78 is 10.8. The number of ether oxygens (including phenoxy) is 2. The van der Waals surface area contributed by atoms with E-state index in [1.165, 1.54) is 67.8 Å². The molecule has 1 amide bonds. The summed E-state index contributed by atoms with van der Waals surface area (Å²) in [5, 5.41) is 22.7. The normalized spacial score (nSPS) is 14.7. The third kappa shape index (κ3) is 25.9. The van der Waals surface area contributed by atoms with E-state index in [0.29, 0.717) is 42.4 Å². The van der Waals surface area contributed by atoms with Crippen LogP contribution < -0.4 is 5.32 Å². The smallest absolute Gasteiger partial charge is 0.309 e. The van der Waals surface area contributed by atoms with Gasteiger partial charge in [-0.25, -0.2) is 0 Å². The van der Waals surface area contributed by atoms with Gasteiger partial charge < -0.3 is 25.0 Å². The first kappa shape index (κ1) is 57.8. The van der Waals surface area contributed by atoms with E-state index >= 15 is 0 Å². The Balaban J connectivity index is 1.97. The molecule has 0 aliphatic rings. The van der Waals surface area contributed by atoms with E-state index in [1.807, 2.05) is 6.07 Å². The average Bonchev–Trinajstić information content (AvgIpc) is 3.31. The number of carboxylic acid groups (broad SMARTS) is 1. The Morgan fingerprint density at radius 3 is 1.83 bits per heavy atom. The maximum atomic E-state index is 13.4. The highest BCUT2D eigenvalue weighted by molar-refractivity contribution is 7.99. The predicted molar refractivity (Wildman–Crippen MR) is 268 cm³/mol. The van der Waals surface area contributed by atoms with Crippen LogP contribution in [0, 0.1) is 29.6 Å². The summed E-state index contributed by atoms with van der Waals surface area (Å²) in [6.45, 7) is 11.0. The number of esters is 2. The number of amides is 1. The Labute approximate surface area is 398 Å². The second-order valence-electron chi connectivity index (χ2n) is 18.6. The fraction of sp³-hybridized carbons (Fsp3) is 0.709. The topological polar surface area (TPSA) is 139 Å². The molecule has 65 heavy (non-hydrogen) atoms. The van der Waals surface area contributed by atoms with E-state index in [4.69, 9.17) is 14.6 Å². The third-order valence-corrected chi connectivity index (χ3v) is 14.5. The Kier molecular flexibility index (Phi) is 32.6. The van der Waals surface area contributed by atoms with Crippen LogP contribution in [0.2, 0.25) is 0 Å². The van der Waals surface area contributed by atoms with E-state index in [0.717, 1.165) is 77.0 Å². The molecular formula is C55H89NO8S. The number of aliphatic hydroxyl groups is 1. The largest absolute Gasteiger partial charge is 0.481 e. The van der Waals surface area contributed by atoms with Crippen LogP contribution in [-0.4, -0.2) is 71.9 Å². The summed E-state index contributed by atoms with van der Waals surface area (Å²) in [6.07, 6.45) is 20.7. The summed E-state index contributed by atoms with van der Waals surface area (Å²) >= 11 is 1.50. The molecule has 7 unspecified atom stereocenters. The first-order valence-corrected chi connectivity index (χ1v) is 26.8. The number of carboxylic acids is 1. The van der Waals surface area contributed by atoms with Crippen LogP contribution in [0.3, 0.4) is 0 Å². The van der Waals surface area contributed by atoms with E-state index in [-0.39, 0.29) is 43.8 Å². The van der Waals surface area contributed by atoms with Crippen molar-refractivity contribution in [1.82, 2.24) is 5.32 Å². The number of benzene rings is 2. The first-order valence-electron chi connectivity index (χ1n) is 25.6. The molecule has 0 radical (unpaired) electrons. The highest BCUT2D eigenvalue weighted by Crippen LogP contribution is 2.34. The number of carbonyl (C=O) groups excluding carboxylic acids is 3. The van der Waals surface area contributed by atoms with Crippen LogP contribution >= 0.6 is 11.8 Å². The molecule has 0 bridgehead atoms. The minimum absolute atomic E-state index is 0.0661. The summed E-state index contributed by atoms with van der Waals surface area (Å²) in [7, 11) is 0. The Morgan fingerprint density at radius 1 is 0.662 bits per heavy atom. The van der Waals surface area contributed by atoms with Gasteiger partial charge in [0, 0.05) is 24.5 Å². The predicted octanol–water partition coefficient (Wildman–Crippen LogP) is 12.9. The fourth-order valence-corrected chi connectivity index (χ4v) is 10.1. The zero-order valence-corrected chi connectivity index (χ0v) is 42.0. The van der Waals surface area contributed by atoms with Gasteiger partial charge in [0.25, 0.3) is 0 Å². The van der Waals surface area contributed by atoms with Crippen LogP contribution in [0.4, 0.5) is 0 Å². The van der Waals surface area contributed by atoms with Crippen LogP contribution in [0.25, 0.3) is 0 Å². The SMILES string of the molecule is CCCCCCCCCCCCOC(=O)C(CSCCNC(=O)CC(C(=O)O)C(CCCC(CC)CC(CC)c1ccccc1)CCCC(C)c1ccccc1)CC(C)C(=O)OCCO. The summed E-state index contributed by atoms with van der Waals surface area (Å²) in [6, 6.07) is 21.2. The fourth-order valence-electron chi connectivity index (χ4n) is 9.14. The van der Waals surface area contributed by atoms with Gasteiger partial charge in [0.1, 0.15) is 6.61 Å². The van der Waals surface area contributed by atoms with Crippen molar-refractivity contribution < 1.29 is 38.9 Å². The molecule has 2 aromatic carbocycles. The van der Waals surface area contributed by atoms with Gasteiger partial charge in [0.15, 0.2) is 0 Å². The minimum atomic E-state index is -0.913. The van der Waals surface area contributed by atoms with Gasteiger partial charge in [-0.3, -0.25) is 19.2 Å². The average molecular weight is 924 g/mol. The van der Waals surface area contributed by atoms with Crippen molar-refractivity contribution in [2.45, 2.75) is 181 Å². The van der Waals surface area contributed by atoms with Crippen molar-refractivity contribution in [2.75, 3.05) is 37.9 Å². The van der Waals surface area contributed by atoms with Crippen LogP contribution in [-0.2, 0) is 28.7 Å². The molecule has 9 nitrogen and oxygen atoms in total. The van der Waals surface area contributed by atoms with Crippen LogP contribution in [0.1, 0.15) is 192 Å². The van der Waals surface area contributed by atoms with E-state index in [2.05, 4.69) is 87.6 Å². The van der Waals surface area contributed by atoms with Gasteiger partial charge in [0.2, 0.25) is 5.91 Å². The van der Waals surface area contributed by atoms with E-state index in [9.17, 15) is 24.3 Å². The van der Waals surface area contributed by atoms with Crippen molar-refractivity contribution in [2.24, 2.45) is 29.6 Å². The van der Waals surface area contributed by atoms with Crippen molar-refractivity contribution in [3.05, 3.63) is 71.8 Å². The lowest BCUT2D eigenvalue weighted by molar-refractivity contribution is -0.152. The molecule has 10 heteroatoms. The number of hydrogen-bond donors (Lipinski definition) is 3. The molecule has 0 spiro atoms. The number of thioether (sulfide) groups is 1. The molecule has 0 aliphatic heterocycles. The molecule has 0 saturated heterocycles. The quantitative estimate of drug-likeness (QED) is 0.0440. The molecule has 2 aromatic rings. The second kappa shape index (κ2) is 36.7. The van der Waals surface area contributed by atoms with Crippen LogP contribution in [0.15, 0.2) is 60.7 Å². The number of rotatable bonds is 40. The monoisotopic (exact) mass is 924 g/mol. The summed E-state index contributed by atoms with van der Waals surface area (Å²) in [5.74, 6) is -1.58. The van der Waals surface area contributed by atoms with Gasteiger partial charge in [-0.15, -0.1) is 0 Å². The highest BCUT2D eigenvalue weighted by Gasteiger charge is 2.31. The number of aliphatic carboxylic acids is 1. The van der Waals surface area contributed by atoms with Crippen molar-refractivity contribution in [1.29, 1.82) is 0 Å². The van der Waals surface area contributed by atoms with Gasteiger partial charge in [-0.1, -0.05) is 179 Å². The molecular weight excluding hydrogens is 835 g/mol. The zero-order chi connectivity index (χ0) is 47.5. The lowest BCUT2D eigenvalue weighted by atomic mass is 9.79. The Hall–Kier alpha value is -3.37. The zero-order valence-electron chi connectivity index (χ0n) is 41.2. The molecule has 0 aromatic heterocycles. The minimum Gasteiger partial charge on any atom is -0.481 e. The molecule has 0 heterocycles. The lowest BCUT2D eigenvalue weighted by Gasteiger charge is -2.26. The highest BCUT2D eigenvalue weighted by atomic mass is 32.2. The van der Waals surface area contributed by atoms with Gasteiger partial charge in [0.05, 0.1) is 31.0 Å². The number of aliphatic hydroxyl groups excluding tert-OH is 1. The van der Waals surface area contributed by atoms with Gasteiger partial charge in [-0.2, -0.15) is 11.8 Å². The molecule has 368 valence electrons. The van der Waals surface area contributed by atoms with Crippen molar-refractivity contribution in [3.8, 4) is 0 Å². The standard InChI is InChI=1S/C55H89NO8S/c1-6-9-10-11-12-13-14-15-16-23-36-63-55(62)50(39-44(5)54(61)64-37-35-57)42-65-38-34-56-52(58)41-51(53(59)60)49(32-24-26-43(4)47-28-19-17-20-29-47)33-25-27-45(7-2)40-46(8-3)48-30-21-18-22-31-48/h17-22,28-31,43-46,49-51,57H,6-16,23-27,32-42H2,1-5H3,(H,56,58)(H,59,60). The molecule has 0 aliphatic carbocycles.